The molecule has 3 aromatic rings. The van der Waals surface area contributed by atoms with Crippen molar-refractivity contribution in [3.63, 3.8) is 0 Å². The number of nitrogens with zero attached hydrogens (tertiary/aromatic N) is 2. The van der Waals surface area contributed by atoms with Crippen LogP contribution in [0.25, 0.3) is 22.0 Å². The molecule has 0 aliphatic carbocycles. The summed E-state index contributed by atoms with van der Waals surface area (Å²) in [6.45, 7) is 0. The molecule has 0 saturated heterocycles. The minimum Gasteiger partial charge on any atom is -0.263 e. The van der Waals surface area contributed by atoms with Gasteiger partial charge in [-0.2, -0.15) is 0 Å². The molecule has 2 heterocycles. The van der Waals surface area contributed by atoms with Crippen molar-refractivity contribution in [2.45, 2.75) is 0 Å². The first-order valence-corrected chi connectivity index (χ1v) is 5.77. The Balaban J connectivity index is 2.28. The van der Waals surface area contributed by atoms with Crippen LogP contribution < -0.4 is 0 Å². The smallest absolute Gasteiger partial charge is 0.142 e. The van der Waals surface area contributed by atoms with Gasteiger partial charge in [-0.05, 0) is 29.8 Å². The van der Waals surface area contributed by atoms with E-state index >= 15 is 0 Å². The number of fused-ring (bicyclic) bond motifs is 1. The lowest BCUT2D eigenvalue weighted by molar-refractivity contribution is 0.629. The molecule has 1 aromatic carbocycles. The molecule has 2 aromatic heterocycles. The summed E-state index contributed by atoms with van der Waals surface area (Å²) in [7, 11) is 0. The fourth-order valence-corrected chi connectivity index (χ4v) is 1.99. The molecular weight excluding hydrogens is 251 g/mol. The molecule has 0 fully saturated rings. The van der Waals surface area contributed by atoms with Crippen molar-refractivity contribution in [1.29, 1.82) is 0 Å². The van der Waals surface area contributed by atoms with Gasteiger partial charge in [-0.25, -0.2) is 4.39 Å². The van der Waals surface area contributed by atoms with Crippen LogP contribution in [-0.2, 0) is 0 Å². The number of hydrogen-bond donors (Lipinski definition) is 0. The van der Waals surface area contributed by atoms with Crippen molar-refractivity contribution < 1.29 is 4.39 Å². The molecule has 0 aliphatic rings. The monoisotopic (exact) mass is 258 g/mol. The van der Waals surface area contributed by atoms with E-state index in [-0.39, 0.29) is 5.02 Å². The average molecular weight is 259 g/mol. The van der Waals surface area contributed by atoms with Crippen molar-refractivity contribution in [2.24, 2.45) is 0 Å². The molecule has 4 heteroatoms. The Hall–Kier alpha value is -2.00. The van der Waals surface area contributed by atoms with Gasteiger partial charge in [0.2, 0.25) is 0 Å². The van der Waals surface area contributed by atoms with Gasteiger partial charge in [-0.3, -0.25) is 9.97 Å². The average Bonchev–Trinajstić information content (AvgIpc) is 2.41. The normalized spacial score (nSPS) is 10.8. The molecule has 3 rings (SSSR count). The van der Waals surface area contributed by atoms with Crippen LogP contribution in [0.4, 0.5) is 4.39 Å². The van der Waals surface area contributed by atoms with E-state index in [9.17, 15) is 4.39 Å². The summed E-state index contributed by atoms with van der Waals surface area (Å²) in [5.41, 5.74) is 2.31. The van der Waals surface area contributed by atoms with E-state index in [1.54, 1.807) is 24.7 Å². The Morgan fingerprint density at radius 2 is 2.00 bits per heavy atom. The first-order valence-electron chi connectivity index (χ1n) is 5.40. The van der Waals surface area contributed by atoms with E-state index in [0.717, 1.165) is 16.5 Å². The van der Waals surface area contributed by atoms with Crippen molar-refractivity contribution in [3.05, 3.63) is 59.8 Å². The summed E-state index contributed by atoms with van der Waals surface area (Å²) >= 11 is 5.68. The molecule has 0 aliphatic heterocycles. The lowest BCUT2D eigenvalue weighted by Gasteiger charge is -2.05. The zero-order valence-electron chi connectivity index (χ0n) is 9.27. The van der Waals surface area contributed by atoms with Gasteiger partial charge in [0, 0.05) is 29.5 Å². The molecule has 2 nitrogen and oxygen atoms in total. The lowest BCUT2D eigenvalue weighted by atomic mass is 10.0. The summed E-state index contributed by atoms with van der Waals surface area (Å²) < 4.78 is 13.5. The topological polar surface area (TPSA) is 25.8 Å². The van der Waals surface area contributed by atoms with Crippen molar-refractivity contribution in [3.8, 4) is 11.1 Å². The molecule has 0 atom stereocenters. The van der Waals surface area contributed by atoms with Crippen LogP contribution >= 0.6 is 11.6 Å². The molecule has 0 spiro atoms. The molecule has 18 heavy (non-hydrogen) atoms. The van der Waals surface area contributed by atoms with E-state index < -0.39 is 5.82 Å². The van der Waals surface area contributed by atoms with Crippen LogP contribution in [0.1, 0.15) is 0 Å². The minimum absolute atomic E-state index is 0.111. The zero-order chi connectivity index (χ0) is 12.5. The molecule has 88 valence electrons. The molecule has 0 radical (unpaired) electrons. The Morgan fingerprint density at radius 1 is 1.11 bits per heavy atom. The highest BCUT2D eigenvalue weighted by molar-refractivity contribution is 6.30. The predicted octanol–water partition coefficient (Wildman–Crippen LogP) is 4.09. The van der Waals surface area contributed by atoms with Gasteiger partial charge in [-0.1, -0.05) is 17.7 Å². The highest BCUT2D eigenvalue weighted by Gasteiger charge is 2.07. The van der Waals surface area contributed by atoms with E-state index in [0.29, 0.717) is 5.56 Å². The highest BCUT2D eigenvalue weighted by Crippen LogP contribution is 2.28. The van der Waals surface area contributed by atoms with Crippen LogP contribution in [-0.4, -0.2) is 9.97 Å². The predicted molar refractivity (Wildman–Crippen MR) is 69.9 cm³/mol. The van der Waals surface area contributed by atoms with E-state index in [4.69, 9.17) is 11.6 Å². The fraction of sp³-hybridized carbons (Fsp3) is 0. The van der Waals surface area contributed by atoms with Crippen LogP contribution in [0.5, 0.6) is 0 Å². The molecule has 0 amide bonds. The standard InChI is InChI=1S/C14H8ClFN2/c15-12-4-3-9(6-13(12)16)11-8-17-7-10-2-1-5-18-14(10)11/h1-8H. The molecule has 0 unspecified atom stereocenters. The number of rotatable bonds is 1. The van der Waals surface area contributed by atoms with Gasteiger partial charge in [0.25, 0.3) is 0 Å². The first-order chi connectivity index (χ1) is 8.75. The highest BCUT2D eigenvalue weighted by atomic mass is 35.5. The Kier molecular flexibility index (Phi) is 2.68. The second kappa shape index (κ2) is 4.35. The molecular formula is C14H8ClFN2. The SMILES string of the molecule is Fc1cc(-c2cncc3cccnc23)ccc1Cl. The largest absolute Gasteiger partial charge is 0.263 e. The molecule has 0 bridgehead atoms. The number of halogens is 2. The lowest BCUT2D eigenvalue weighted by Crippen LogP contribution is -1.87. The van der Waals surface area contributed by atoms with Gasteiger partial charge >= 0.3 is 0 Å². The number of pyridine rings is 2. The number of benzene rings is 1. The van der Waals surface area contributed by atoms with Crippen molar-refractivity contribution in [2.75, 3.05) is 0 Å². The van der Waals surface area contributed by atoms with Crippen LogP contribution in [0, 0.1) is 5.82 Å². The maximum Gasteiger partial charge on any atom is 0.142 e. The summed E-state index contributed by atoms with van der Waals surface area (Å²) in [6, 6.07) is 8.46. The van der Waals surface area contributed by atoms with Crippen LogP contribution in [0.2, 0.25) is 5.02 Å². The Bertz CT molecular complexity index is 723. The number of hydrogen-bond acceptors (Lipinski definition) is 2. The van der Waals surface area contributed by atoms with Gasteiger partial charge in [0.1, 0.15) is 5.82 Å². The molecule has 0 saturated carbocycles. The second-order valence-electron chi connectivity index (χ2n) is 3.89. The van der Waals surface area contributed by atoms with E-state index in [1.165, 1.54) is 12.1 Å². The van der Waals surface area contributed by atoms with Gasteiger partial charge in [0.05, 0.1) is 10.5 Å². The number of aromatic nitrogens is 2. The zero-order valence-corrected chi connectivity index (χ0v) is 10.0. The van der Waals surface area contributed by atoms with Gasteiger partial charge in [0.15, 0.2) is 0 Å². The second-order valence-corrected chi connectivity index (χ2v) is 4.30. The third kappa shape index (κ3) is 1.83. The van der Waals surface area contributed by atoms with Gasteiger partial charge < -0.3 is 0 Å². The molecule has 0 N–H and O–H groups in total. The maximum absolute atomic E-state index is 13.5. The summed E-state index contributed by atoms with van der Waals surface area (Å²) in [6.07, 6.45) is 5.12. The minimum atomic E-state index is -0.442. The maximum atomic E-state index is 13.5. The summed E-state index contributed by atoms with van der Waals surface area (Å²) in [5.74, 6) is -0.442. The Morgan fingerprint density at radius 3 is 2.83 bits per heavy atom. The third-order valence-electron chi connectivity index (χ3n) is 2.74. The van der Waals surface area contributed by atoms with E-state index in [2.05, 4.69) is 9.97 Å². The Labute approximate surface area is 108 Å². The van der Waals surface area contributed by atoms with Crippen molar-refractivity contribution >= 4 is 22.5 Å². The first kappa shape index (κ1) is 11.1. The third-order valence-corrected chi connectivity index (χ3v) is 3.05. The fourth-order valence-electron chi connectivity index (χ4n) is 1.88. The quantitative estimate of drug-likeness (QED) is 0.657. The summed E-state index contributed by atoms with van der Waals surface area (Å²) in [4.78, 5) is 8.46. The van der Waals surface area contributed by atoms with E-state index in [1.807, 2.05) is 12.1 Å². The summed E-state index contributed by atoms with van der Waals surface area (Å²) in [5, 5.41) is 1.03. The van der Waals surface area contributed by atoms with Gasteiger partial charge in [-0.15, -0.1) is 0 Å². The van der Waals surface area contributed by atoms with Crippen molar-refractivity contribution in [1.82, 2.24) is 9.97 Å². The van der Waals surface area contributed by atoms with Crippen LogP contribution in [0.3, 0.4) is 0 Å². The van der Waals surface area contributed by atoms with Crippen LogP contribution in [0.15, 0.2) is 48.9 Å².